The van der Waals surface area contributed by atoms with Crippen molar-refractivity contribution >= 4 is 5.82 Å². The molecule has 1 atom stereocenters. The summed E-state index contributed by atoms with van der Waals surface area (Å²) >= 11 is 0. The number of anilines is 1. The number of benzene rings is 1. The van der Waals surface area contributed by atoms with Crippen LogP contribution in [0.1, 0.15) is 50.4 Å². The van der Waals surface area contributed by atoms with E-state index in [1.54, 1.807) is 0 Å². The van der Waals surface area contributed by atoms with Crippen LogP contribution in [0.2, 0.25) is 0 Å². The number of nitrogens with two attached hydrogens (primary N) is 1. The van der Waals surface area contributed by atoms with Crippen LogP contribution >= 0.6 is 0 Å². The Morgan fingerprint density at radius 3 is 2.24 bits per heavy atom. The normalized spacial score (nSPS) is 13.0. The lowest BCUT2D eigenvalue weighted by Gasteiger charge is -2.20. The first-order chi connectivity index (χ1) is 9.90. The molecule has 0 fully saturated rings. The van der Waals surface area contributed by atoms with Gasteiger partial charge in [0.25, 0.3) is 0 Å². The third kappa shape index (κ3) is 4.05. The van der Waals surface area contributed by atoms with Crippen molar-refractivity contribution in [3.8, 4) is 0 Å². The molecule has 3 nitrogen and oxygen atoms in total. The zero-order valence-electron chi connectivity index (χ0n) is 13.4. The molecule has 112 valence electrons. The van der Waals surface area contributed by atoms with Gasteiger partial charge >= 0.3 is 0 Å². The molecular formula is C18H25N3. The summed E-state index contributed by atoms with van der Waals surface area (Å²) in [6.45, 7) is 9.30. The highest BCUT2D eigenvalue weighted by Gasteiger charge is 2.14. The third-order valence-corrected chi connectivity index (χ3v) is 3.71. The van der Waals surface area contributed by atoms with E-state index in [1.807, 2.05) is 12.3 Å². The van der Waals surface area contributed by atoms with E-state index in [2.05, 4.69) is 68.3 Å². The van der Waals surface area contributed by atoms with Gasteiger partial charge in [-0.3, -0.25) is 0 Å². The minimum atomic E-state index is 0.134. The summed E-state index contributed by atoms with van der Waals surface area (Å²) in [4.78, 5) is 4.51. The second-order valence-corrected chi connectivity index (χ2v) is 6.49. The number of rotatable bonds is 4. The molecule has 0 aliphatic rings. The van der Waals surface area contributed by atoms with E-state index < -0.39 is 0 Å². The Kier molecular flexibility index (Phi) is 4.63. The average Bonchev–Trinajstić information content (AvgIpc) is 2.47. The van der Waals surface area contributed by atoms with Gasteiger partial charge in [-0.05, 0) is 35.1 Å². The largest absolute Gasteiger partial charge is 0.364 e. The molecule has 0 aliphatic heterocycles. The van der Waals surface area contributed by atoms with Crippen LogP contribution in [0.3, 0.4) is 0 Å². The molecule has 1 unspecified atom stereocenters. The van der Waals surface area contributed by atoms with Gasteiger partial charge in [-0.1, -0.05) is 51.1 Å². The number of hydrogen-bond donors (Lipinski definition) is 2. The van der Waals surface area contributed by atoms with Crippen LogP contribution in [-0.4, -0.2) is 4.98 Å². The predicted molar refractivity (Wildman–Crippen MR) is 89.3 cm³/mol. The highest BCUT2D eigenvalue weighted by atomic mass is 15.0. The summed E-state index contributed by atoms with van der Waals surface area (Å²) in [7, 11) is 0. The number of hydrogen-bond acceptors (Lipinski definition) is 3. The Labute approximate surface area is 127 Å². The van der Waals surface area contributed by atoms with Crippen molar-refractivity contribution in [2.24, 2.45) is 5.73 Å². The lowest BCUT2D eigenvalue weighted by Crippen LogP contribution is -2.13. The fourth-order valence-electron chi connectivity index (χ4n) is 2.17. The van der Waals surface area contributed by atoms with Crippen molar-refractivity contribution in [3.63, 3.8) is 0 Å². The Balaban J connectivity index is 2.06. The van der Waals surface area contributed by atoms with E-state index in [-0.39, 0.29) is 11.5 Å². The Bertz CT molecular complexity index is 565. The summed E-state index contributed by atoms with van der Waals surface area (Å²) in [5.41, 5.74) is 9.38. The van der Waals surface area contributed by atoms with E-state index in [0.29, 0.717) is 6.54 Å². The molecule has 0 radical (unpaired) electrons. The Morgan fingerprint density at radius 1 is 1.10 bits per heavy atom. The van der Waals surface area contributed by atoms with E-state index >= 15 is 0 Å². The molecule has 0 saturated carbocycles. The summed E-state index contributed by atoms with van der Waals surface area (Å²) in [5.74, 6) is 0.901. The van der Waals surface area contributed by atoms with E-state index in [1.165, 1.54) is 11.1 Å². The predicted octanol–water partition coefficient (Wildman–Crippen LogP) is 4.01. The molecule has 3 N–H and O–H groups in total. The van der Waals surface area contributed by atoms with Gasteiger partial charge in [0.1, 0.15) is 5.82 Å². The van der Waals surface area contributed by atoms with Gasteiger partial charge in [0.05, 0.1) is 0 Å². The summed E-state index contributed by atoms with van der Waals surface area (Å²) in [5, 5.41) is 3.43. The molecule has 1 aromatic carbocycles. The van der Waals surface area contributed by atoms with Crippen LogP contribution in [0.4, 0.5) is 5.82 Å². The molecule has 3 heteroatoms. The smallest absolute Gasteiger partial charge is 0.126 e. The van der Waals surface area contributed by atoms with Crippen LogP contribution in [0.15, 0.2) is 42.6 Å². The first-order valence-corrected chi connectivity index (χ1v) is 7.42. The average molecular weight is 283 g/mol. The minimum absolute atomic E-state index is 0.134. The third-order valence-electron chi connectivity index (χ3n) is 3.71. The summed E-state index contributed by atoms with van der Waals surface area (Å²) < 4.78 is 0. The first-order valence-electron chi connectivity index (χ1n) is 7.42. The number of nitrogens with one attached hydrogen (secondary N) is 1. The van der Waals surface area contributed by atoms with Crippen LogP contribution in [0, 0.1) is 0 Å². The maximum absolute atomic E-state index is 5.62. The van der Waals surface area contributed by atoms with Gasteiger partial charge < -0.3 is 11.1 Å². The van der Waals surface area contributed by atoms with Crippen molar-refractivity contribution in [3.05, 3.63) is 59.3 Å². The maximum atomic E-state index is 5.62. The Hall–Kier alpha value is -1.87. The zero-order chi connectivity index (χ0) is 15.5. The quantitative estimate of drug-likeness (QED) is 0.891. The summed E-state index contributed by atoms with van der Waals surface area (Å²) in [6, 6.07) is 12.8. The number of aromatic nitrogens is 1. The van der Waals surface area contributed by atoms with Crippen molar-refractivity contribution < 1.29 is 0 Å². The molecule has 1 heterocycles. The fourth-order valence-corrected chi connectivity index (χ4v) is 2.17. The molecule has 0 spiro atoms. The van der Waals surface area contributed by atoms with Crippen LogP contribution < -0.4 is 11.1 Å². The molecule has 1 aromatic heterocycles. The van der Waals surface area contributed by atoms with Crippen LogP contribution in [0.5, 0.6) is 0 Å². The van der Waals surface area contributed by atoms with E-state index in [9.17, 15) is 0 Å². The lowest BCUT2D eigenvalue weighted by molar-refractivity contribution is 0.587. The van der Waals surface area contributed by atoms with Crippen molar-refractivity contribution in [2.45, 2.75) is 45.7 Å². The van der Waals surface area contributed by atoms with Gasteiger partial charge in [-0.25, -0.2) is 4.98 Å². The molecule has 0 bridgehead atoms. The second-order valence-electron chi connectivity index (χ2n) is 6.49. The second kappa shape index (κ2) is 6.27. The molecular weight excluding hydrogens is 258 g/mol. The number of nitrogens with zero attached hydrogens (tertiary/aromatic N) is 1. The fraction of sp³-hybridized carbons (Fsp3) is 0.389. The number of pyridine rings is 1. The standard InChI is InChI=1S/C18H25N3/c1-13(15-7-5-14(11-19)6-8-15)21-17-10-9-16(12-20-17)18(2,3)4/h5-10,12-13H,11,19H2,1-4H3,(H,20,21). The van der Waals surface area contributed by atoms with Crippen LogP contribution in [0.25, 0.3) is 0 Å². The van der Waals surface area contributed by atoms with Gasteiger partial charge in [-0.15, -0.1) is 0 Å². The van der Waals surface area contributed by atoms with Gasteiger partial charge in [-0.2, -0.15) is 0 Å². The molecule has 0 saturated heterocycles. The monoisotopic (exact) mass is 283 g/mol. The highest BCUT2D eigenvalue weighted by molar-refractivity contribution is 5.40. The van der Waals surface area contributed by atoms with Crippen LogP contribution in [-0.2, 0) is 12.0 Å². The van der Waals surface area contributed by atoms with Gasteiger partial charge in [0.15, 0.2) is 0 Å². The Morgan fingerprint density at radius 2 is 1.76 bits per heavy atom. The SMILES string of the molecule is CC(Nc1ccc(C(C)(C)C)cn1)c1ccc(CN)cc1. The maximum Gasteiger partial charge on any atom is 0.126 e. The summed E-state index contributed by atoms with van der Waals surface area (Å²) in [6.07, 6.45) is 1.95. The minimum Gasteiger partial charge on any atom is -0.364 e. The van der Waals surface area contributed by atoms with Gasteiger partial charge in [0.2, 0.25) is 0 Å². The van der Waals surface area contributed by atoms with E-state index in [0.717, 1.165) is 11.4 Å². The van der Waals surface area contributed by atoms with Crippen molar-refractivity contribution in [2.75, 3.05) is 5.32 Å². The zero-order valence-corrected chi connectivity index (χ0v) is 13.4. The van der Waals surface area contributed by atoms with Crippen molar-refractivity contribution in [1.82, 2.24) is 4.98 Å². The van der Waals surface area contributed by atoms with E-state index in [4.69, 9.17) is 5.73 Å². The van der Waals surface area contributed by atoms with Crippen molar-refractivity contribution in [1.29, 1.82) is 0 Å². The first kappa shape index (κ1) is 15.5. The molecule has 2 rings (SSSR count). The molecule has 21 heavy (non-hydrogen) atoms. The molecule has 0 amide bonds. The highest BCUT2D eigenvalue weighted by Crippen LogP contribution is 2.23. The molecule has 2 aromatic rings. The van der Waals surface area contributed by atoms with Gasteiger partial charge in [0, 0.05) is 18.8 Å². The lowest BCUT2D eigenvalue weighted by atomic mass is 9.88. The topological polar surface area (TPSA) is 50.9 Å². The molecule has 0 aliphatic carbocycles.